The van der Waals surface area contributed by atoms with E-state index in [1.807, 2.05) is 6.07 Å². The van der Waals surface area contributed by atoms with E-state index in [4.69, 9.17) is 0 Å². The Morgan fingerprint density at radius 3 is 2.62 bits per heavy atom. The van der Waals surface area contributed by atoms with Crippen LogP contribution in [0, 0.1) is 6.92 Å². The standard InChI is InChI=1S/C14H11NS/c1-10-7-8-12-13(9-10)16-15-14(12)11-5-3-2-4-6-11/h2-9H,1H3. The van der Waals surface area contributed by atoms with Gasteiger partial charge in [-0.05, 0) is 30.1 Å². The highest BCUT2D eigenvalue weighted by molar-refractivity contribution is 7.13. The lowest BCUT2D eigenvalue weighted by atomic mass is 10.1. The zero-order valence-corrected chi connectivity index (χ0v) is 9.79. The molecule has 0 N–H and O–H groups in total. The van der Waals surface area contributed by atoms with Gasteiger partial charge < -0.3 is 0 Å². The molecule has 0 saturated heterocycles. The normalized spacial score (nSPS) is 10.8. The van der Waals surface area contributed by atoms with Crippen molar-refractivity contribution in [2.45, 2.75) is 6.92 Å². The van der Waals surface area contributed by atoms with Crippen LogP contribution < -0.4 is 0 Å². The van der Waals surface area contributed by atoms with Crippen LogP contribution in [0.1, 0.15) is 5.56 Å². The molecule has 0 aliphatic rings. The molecule has 0 aliphatic carbocycles. The number of hydrogen-bond acceptors (Lipinski definition) is 2. The molecule has 0 bridgehead atoms. The fraction of sp³-hybridized carbons (Fsp3) is 0.0714. The molecule has 1 nitrogen and oxygen atoms in total. The third-order valence-electron chi connectivity index (χ3n) is 2.67. The van der Waals surface area contributed by atoms with Gasteiger partial charge in [0.2, 0.25) is 0 Å². The molecular formula is C14H11NS. The van der Waals surface area contributed by atoms with Crippen molar-refractivity contribution in [2.75, 3.05) is 0 Å². The Hall–Kier alpha value is -1.67. The first-order valence-electron chi connectivity index (χ1n) is 5.26. The third-order valence-corrected chi connectivity index (χ3v) is 3.48. The molecule has 1 aromatic heterocycles. The van der Waals surface area contributed by atoms with E-state index in [1.54, 1.807) is 11.5 Å². The Bertz CT molecular complexity index is 626. The first-order chi connectivity index (χ1) is 7.84. The van der Waals surface area contributed by atoms with Gasteiger partial charge >= 0.3 is 0 Å². The molecule has 16 heavy (non-hydrogen) atoms. The van der Waals surface area contributed by atoms with Crippen molar-refractivity contribution in [2.24, 2.45) is 0 Å². The molecule has 2 heteroatoms. The van der Waals surface area contributed by atoms with Crippen LogP contribution in [-0.2, 0) is 0 Å². The second kappa shape index (κ2) is 3.72. The second-order valence-electron chi connectivity index (χ2n) is 3.90. The van der Waals surface area contributed by atoms with E-state index in [-0.39, 0.29) is 0 Å². The number of fused-ring (bicyclic) bond motifs is 1. The second-order valence-corrected chi connectivity index (χ2v) is 4.70. The molecule has 3 aromatic rings. The van der Waals surface area contributed by atoms with Crippen LogP contribution >= 0.6 is 11.5 Å². The van der Waals surface area contributed by atoms with E-state index in [2.05, 4.69) is 53.8 Å². The average molecular weight is 225 g/mol. The molecule has 0 radical (unpaired) electrons. The van der Waals surface area contributed by atoms with E-state index in [0.29, 0.717) is 0 Å². The van der Waals surface area contributed by atoms with Crippen LogP contribution in [-0.4, -0.2) is 4.37 Å². The summed E-state index contributed by atoms with van der Waals surface area (Å²) in [5, 5.41) is 1.25. The molecule has 0 aliphatic heterocycles. The third kappa shape index (κ3) is 1.51. The lowest BCUT2D eigenvalue weighted by molar-refractivity contribution is 1.51. The molecule has 0 saturated carbocycles. The fourth-order valence-electron chi connectivity index (χ4n) is 1.85. The number of nitrogens with zero attached hydrogens (tertiary/aromatic N) is 1. The average Bonchev–Trinajstić information content (AvgIpc) is 2.73. The molecule has 0 unspecified atom stereocenters. The minimum atomic E-state index is 1.10. The predicted molar refractivity (Wildman–Crippen MR) is 69.8 cm³/mol. The largest absolute Gasteiger partial charge is 0.191 e. The Balaban J connectivity index is 2.26. The summed E-state index contributed by atoms with van der Waals surface area (Å²) < 4.78 is 5.81. The van der Waals surface area contributed by atoms with E-state index >= 15 is 0 Å². The van der Waals surface area contributed by atoms with Crippen LogP contribution in [0.2, 0.25) is 0 Å². The zero-order chi connectivity index (χ0) is 11.0. The number of benzene rings is 2. The minimum Gasteiger partial charge on any atom is -0.191 e. The van der Waals surface area contributed by atoms with Crippen molar-refractivity contribution in [3.8, 4) is 11.3 Å². The van der Waals surface area contributed by atoms with Gasteiger partial charge in [-0.2, -0.15) is 4.37 Å². The highest BCUT2D eigenvalue weighted by Crippen LogP contribution is 2.30. The van der Waals surface area contributed by atoms with Crippen molar-refractivity contribution >= 4 is 21.6 Å². The van der Waals surface area contributed by atoms with Gasteiger partial charge in [0.15, 0.2) is 0 Å². The summed E-state index contributed by atoms with van der Waals surface area (Å²) in [5.41, 5.74) is 3.58. The molecular weight excluding hydrogens is 214 g/mol. The zero-order valence-electron chi connectivity index (χ0n) is 8.97. The van der Waals surface area contributed by atoms with Crippen molar-refractivity contribution in [3.05, 3.63) is 54.1 Å². The summed E-state index contributed by atoms with van der Waals surface area (Å²) in [6.07, 6.45) is 0. The summed E-state index contributed by atoms with van der Waals surface area (Å²) in [7, 11) is 0. The molecule has 0 fully saturated rings. The summed E-state index contributed by atoms with van der Waals surface area (Å²) in [6, 6.07) is 16.8. The van der Waals surface area contributed by atoms with Gasteiger partial charge in [-0.1, -0.05) is 42.5 Å². The molecule has 0 atom stereocenters. The molecule has 1 heterocycles. The first-order valence-corrected chi connectivity index (χ1v) is 6.03. The summed E-state index contributed by atoms with van der Waals surface area (Å²) in [4.78, 5) is 0. The lowest BCUT2D eigenvalue weighted by Gasteiger charge is -1.97. The topological polar surface area (TPSA) is 12.9 Å². The van der Waals surface area contributed by atoms with Crippen LogP contribution in [0.25, 0.3) is 21.3 Å². The minimum absolute atomic E-state index is 1.10. The highest BCUT2D eigenvalue weighted by Gasteiger charge is 2.07. The van der Waals surface area contributed by atoms with Gasteiger partial charge in [-0.15, -0.1) is 0 Å². The van der Waals surface area contributed by atoms with Crippen LogP contribution in [0.4, 0.5) is 0 Å². The molecule has 0 amide bonds. The fourth-order valence-corrected chi connectivity index (χ4v) is 2.74. The van der Waals surface area contributed by atoms with Crippen molar-refractivity contribution in [1.29, 1.82) is 0 Å². The Morgan fingerprint density at radius 1 is 1.00 bits per heavy atom. The van der Waals surface area contributed by atoms with Crippen molar-refractivity contribution in [3.63, 3.8) is 0 Å². The van der Waals surface area contributed by atoms with Crippen molar-refractivity contribution in [1.82, 2.24) is 4.37 Å². The van der Waals surface area contributed by atoms with Gasteiger partial charge in [0.1, 0.15) is 0 Å². The van der Waals surface area contributed by atoms with Crippen LogP contribution in [0.3, 0.4) is 0 Å². The molecule has 78 valence electrons. The maximum Gasteiger partial charge on any atom is 0.0919 e. The smallest absolute Gasteiger partial charge is 0.0919 e. The van der Waals surface area contributed by atoms with Crippen molar-refractivity contribution < 1.29 is 0 Å². The summed E-state index contributed by atoms with van der Waals surface area (Å²) in [6.45, 7) is 2.11. The predicted octanol–water partition coefficient (Wildman–Crippen LogP) is 4.27. The Kier molecular flexibility index (Phi) is 2.22. The summed E-state index contributed by atoms with van der Waals surface area (Å²) >= 11 is 1.57. The first kappa shape index (κ1) is 9.55. The molecule has 2 aromatic carbocycles. The number of aryl methyl sites for hydroxylation is 1. The monoisotopic (exact) mass is 225 g/mol. The number of hydrogen-bond donors (Lipinski definition) is 0. The van der Waals surface area contributed by atoms with Gasteiger partial charge in [0.25, 0.3) is 0 Å². The number of rotatable bonds is 1. The molecule has 3 rings (SSSR count). The molecule has 0 spiro atoms. The Labute approximate surface area is 98.5 Å². The van der Waals surface area contributed by atoms with Gasteiger partial charge in [-0.3, -0.25) is 0 Å². The van der Waals surface area contributed by atoms with Gasteiger partial charge in [0.05, 0.1) is 10.4 Å². The number of aromatic nitrogens is 1. The highest BCUT2D eigenvalue weighted by atomic mass is 32.1. The summed E-state index contributed by atoms with van der Waals surface area (Å²) in [5.74, 6) is 0. The van der Waals surface area contributed by atoms with Gasteiger partial charge in [0, 0.05) is 10.9 Å². The van der Waals surface area contributed by atoms with Crippen LogP contribution in [0.5, 0.6) is 0 Å². The maximum atomic E-state index is 4.55. The lowest BCUT2D eigenvalue weighted by Crippen LogP contribution is -1.77. The van der Waals surface area contributed by atoms with Gasteiger partial charge in [-0.25, -0.2) is 0 Å². The quantitative estimate of drug-likeness (QED) is 0.602. The maximum absolute atomic E-state index is 4.55. The SMILES string of the molecule is Cc1ccc2c(-c3ccccc3)nsc2c1. The Morgan fingerprint density at radius 2 is 1.81 bits per heavy atom. The van der Waals surface area contributed by atoms with E-state index in [1.165, 1.54) is 21.2 Å². The van der Waals surface area contributed by atoms with E-state index in [9.17, 15) is 0 Å². The van der Waals surface area contributed by atoms with Crippen LogP contribution in [0.15, 0.2) is 48.5 Å². The van der Waals surface area contributed by atoms with E-state index in [0.717, 1.165) is 5.69 Å². The van der Waals surface area contributed by atoms with E-state index < -0.39 is 0 Å².